The van der Waals surface area contributed by atoms with Crippen LogP contribution in [-0.4, -0.2) is 41.0 Å². The SMILES string of the molecule is Cc1cc(CN(C)C(C)C(=O)N(C)Cc2ccccc2)no1. The fourth-order valence-corrected chi connectivity index (χ4v) is 2.33. The van der Waals surface area contributed by atoms with E-state index in [-0.39, 0.29) is 11.9 Å². The number of amides is 1. The minimum absolute atomic E-state index is 0.0894. The van der Waals surface area contributed by atoms with Crippen LogP contribution in [0.4, 0.5) is 0 Å². The number of carbonyl (C=O) groups is 1. The van der Waals surface area contributed by atoms with Gasteiger partial charge in [-0.3, -0.25) is 9.69 Å². The molecule has 22 heavy (non-hydrogen) atoms. The van der Waals surface area contributed by atoms with E-state index in [1.54, 1.807) is 4.90 Å². The Morgan fingerprint density at radius 2 is 1.91 bits per heavy atom. The highest BCUT2D eigenvalue weighted by atomic mass is 16.5. The maximum Gasteiger partial charge on any atom is 0.239 e. The van der Waals surface area contributed by atoms with E-state index in [4.69, 9.17) is 4.52 Å². The van der Waals surface area contributed by atoms with Crippen molar-refractivity contribution in [2.75, 3.05) is 14.1 Å². The molecule has 0 saturated heterocycles. The van der Waals surface area contributed by atoms with Crippen LogP contribution in [0.2, 0.25) is 0 Å². The number of rotatable bonds is 6. The summed E-state index contributed by atoms with van der Waals surface area (Å²) in [7, 11) is 3.75. The van der Waals surface area contributed by atoms with Gasteiger partial charge in [0.2, 0.25) is 5.91 Å². The molecule has 5 nitrogen and oxygen atoms in total. The first kappa shape index (κ1) is 16.2. The third-order valence-corrected chi connectivity index (χ3v) is 3.75. The molecule has 0 spiro atoms. The van der Waals surface area contributed by atoms with Gasteiger partial charge in [0.05, 0.1) is 11.7 Å². The van der Waals surface area contributed by atoms with Gasteiger partial charge >= 0.3 is 0 Å². The molecule has 1 aromatic heterocycles. The van der Waals surface area contributed by atoms with Crippen molar-refractivity contribution >= 4 is 5.91 Å². The topological polar surface area (TPSA) is 49.6 Å². The standard InChI is InChI=1S/C17H23N3O2/c1-13-10-16(18-22-13)12-19(3)14(2)17(21)20(4)11-15-8-6-5-7-9-15/h5-10,14H,11-12H2,1-4H3. The molecule has 1 unspecified atom stereocenters. The van der Waals surface area contributed by atoms with Gasteiger partial charge in [0.25, 0.3) is 0 Å². The largest absolute Gasteiger partial charge is 0.361 e. The molecule has 0 saturated carbocycles. The average molecular weight is 301 g/mol. The van der Waals surface area contributed by atoms with Crippen LogP contribution < -0.4 is 0 Å². The number of aryl methyl sites for hydroxylation is 1. The van der Waals surface area contributed by atoms with Crippen molar-refractivity contribution < 1.29 is 9.32 Å². The number of benzene rings is 1. The van der Waals surface area contributed by atoms with Gasteiger partial charge in [-0.05, 0) is 26.5 Å². The molecule has 118 valence electrons. The van der Waals surface area contributed by atoms with E-state index in [9.17, 15) is 4.79 Å². The van der Waals surface area contributed by atoms with E-state index in [1.165, 1.54) is 0 Å². The second-order valence-corrected chi connectivity index (χ2v) is 5.70. The second kappa shape index (κ2) is 7.22. The Hall–Kier alpha value is -2.14. The van der Waals surface area contributed by atoms with Gasteiger partial charge in [-0.1, -0.05) is 35.5 Å². The minimum Gasteiger partial charge on any atom is -0.361 e. The summed E-state index contributed by atoms with van der Waals surface area (Å²) in [5.74, 6) is 0.871. The van der Waals surface area contributed by atoms with Gasteiger partial charge in [-0.15, -0.1) is 0 Å². The lowest BCUT2D eigenvalue weighted by atomic mass is 10.2. The van der Waals surface area contributed by atoms with Crippen LogP contribution in [-0.2, 0) is 17.9 Å². The van der Waals surface area contributed by atoms with Crippen molar-refractivity contribution in [1.82, 2.24) is 15.0 Å². The Kier molecular flexibility index (Phi) is 5.33. The third-order valence-electron chi connectivity index (χ3n) is 3.75. The molecule has 2 aromatic rings. The molecule has 0 aliphatic rings. The fraction of sp³-hybridized carbons (Fsp3) is 0.412. The fourth-order valence-electron chi connectivity index (χ4n) is 2.33. The molecule has 0 bridgehead atoms. The number of aromatic nitrogens is 1. The van der Waals surface area contributed by atoms with E-state index in [1.807, 2.05) is 69.2 Å². The van der Waals surface area contributed by atoms with Gasteiger partial charge in [0.1, 0.15) is 5.76 Å². The monoisotopic (exact) mass is 301 g/mol. The van der Waals surface area contributed by atoms with Gasteiger partial charge in [-0.25, -0.2) is 0 Å². The number of carbonyl (C=O) groups excluding carboxylic acids is 1. The number of hydrogen-bond acceptors (Lipinski definition) is 4. The zero-order valence-electron chi connectivity index (χ0n) is 13.6. The Bertz CT molecular complexity index is 609. The van der Waals surface area contributed by atoms with E-state index >= 15 is 0 Å². The minimum atomic E-state index is -0.217. The predicted molar refractivity (Wildman–Crippen MR) is 85.1 cm³/mol. The van der Waals surface area contributed by atoms with Crippen LogP contribution in [0.15, 0.2) is 40.9 Å². The van der Waals surface area contributed by atoms with Gasteiger partial charge in [0, 0.05) is 26.2 Å². The molecule has 1 heterocycles. The molecular formula is C17H23N3O2. The molecule has 0 aliphatic carbocycles. The van der Waals surface area contributed by atoms with Crippen LogP contribution in [0, 0.1) is 6.92 Å². The lowest BCUT2D eigenvalue weighted by Gasteiger charge is -2.27. The highest BCUT2D eigenvalue weighted by Crippen LogP contribution is 2.10. The molecule has 0 aliphatic heterocycles. The summed E-state index contributed by atoms with van der Waals surface area (Å²) in [6.07, 6.45) is 0. The van der Waals surface area contributed by atoms with Crippen molar-refractivity contribution in [1.29, 1.82) is 0 Å². The van der Waals surface area contributed by atoms with E-state index in [0.29, 0.717) is 13.1 Å². The van der Waals surface area contributed by atoms with Crippen molar-refractivity contribution in [3.63, 3.8) is 0 Å². The van der Waals surface area contributed by atoms with Crippen molar-refractivity contribution in [2.45, 2.75) is 33.0 Å². The van der Waals surface area contributed by atoms with Crippen molar-refractivity contribution in [3.05, 3.63) is 53.4 Å². The maximum atomic E-state index is 12.5. The quantitative estimate of drug-likeness (QED) is 0.822. The Morgan fingerprint density at radius 1 is 1.23 bits per heavy atom. The molecule has 0 radical (unpaired) electrons. The molecule has 0 fully saturated rings. The van der Waals surface area contributed by atoms with Crippen LogP contribution in [0.25, 0.3) is 0 Å². The van der Waals surface area contributed by atoms with Crippen LogP contribution in [0.5, 0.6) is 0 Å². The average Bonchev–Trinajstić information content (AvgIpc) is 2.91. The molecule has 5 heteroatoms. The van der Waals surface area contributed by atoms with Gasteiger partial charge < -0.3 is 9.42 Å². The highest BCUT2D eigenvalue weighted by Gasteiger charge is 2.22. The smallest absolute Gasteiger partial charge is 0.239 e. The highest BCUT2D eigenvalue weighted by molar-refractivity contribution is 5.81. The zero-order chi connectivity index (χ0) is 16.1. The van der Waals surface area contributed by atoms with Gasteiger partial charge in [0.15, 0.2) is 0 Å². The first-order valence-electron chi connectivity index (χ1n) is 7.38. The van der Waals surface area contributed by atoms with Crippen LogP contribution in [0.1, 0.15) is 23.9 Å². The summed E-state index contributed by atoms with van der Waals surface area (Å²) < 4.78 is 5.06. The summed E-state index contributed by atoms with van der Waals surface area (Å²) in [5, 5.41) is 3.97. The first-order chi connectivity index (χ1) is 10.5. The maximum absolute atomic E-state index is 12.5. The van der Waals surface area contributed by atoms with E-state index < -0.39 is 0 Å². The zero-order valence-corrected chi connectivity index (χ0v) is 13.6. The van der Waals surface area contributed by atoms with Gasteiger partial charge in [-0.2, -0.15) is 0 Å². The number of hydrogen-bond donors (Lipinski definition) is 0. The summed E-state index contributed by atoms with van der Waals surface area (Å²) in [5.41, 5.74) is 1.96. The molecule has 2 rings (SSSR count). The molecule has 1 aromatic carbocycles. The Labute approximate surface area is 131 Å². The predicted octanol–water partition coefficient (Wildman–Crippen LogP) is 2.46. The third kappa shape index (κ3) is 4.18. The summed E-state index contributed by atoms with van der Waals surface area (Å²) >= 11 is 0. The Morgan fingerprint density at radius 3 is 2.50 bits per heavy atom. The molecule has 1 atom stereocenters. The van der Waals surface area contributed by atoms with E-state index in [2.05, 4.69) is 5.16 Å². The lowest BCUT2D eigenvalue weighted by Crippen LogP contribution is -2.43. The second-order valence-electron chi connectivity index (χ2n) is 5.70. The molecule has 1 amide bonds. The molecule has 0 N–H and O–H groups in total. The Balaban J connectivity index is 1.92. The van der Waals surface area contributed by atoms with Crippen LogP contribution in [0.3, 0.4) is 0 Å². The van der Waals surface area contributed by atoms with Crippen molar-refractivity contribution in [3.8, 4) is 0 Å². The lowest BCUT2D eigenvalue weighted by molar-refractivity contribution is -0.135. The summed E-state index contributed by atoms with van der Waals surface area (Å²) in [6.45, 7) is 4.97. The number of nitrogens with zero attached hydrogens (tertiary/aromatic N) is 3. The normalized spacial score (nSPS) is 12.4. The first-order valence-corrected chi connectivity index (χ1v) is 7.38. The summed E-state index contributed by atoms with van der Waals surface area (Å²) in [6, 6.07) is 11.7. The summed E-state index contributed by atoms with van der Waals surface area (Å²) in [4.78, 5) is 16.3. The molecular weight excluding hydrogens is 278 g/mol. The van der Waals surface area contributed by atoms with Crippen molar-refractivity contribution in [2.24, 2.45) is 0 Å². The van der Waals surface area contributed by atoms with Crippen LogP contribution >= 0.6 is 0 Å². The van der Waals surface area contributed by atoms with E-state index in [0.717, 1.165) is 17.0 Å². The number of likely N-dealkylation sites (N-methyl/N-ethyl adjacent to an activating group) is 2.